The molecule has 0 aromatic heterocycles. The summed E-state index contributed by atoms with van der Waals surface area (Å²) in [7, 11) is 0. The summed E-state index contributed by atoms with van der Waals surface area (Å²) in [6.45, 7) is 4.35. The lowest BCUT2D eigenvalue weighted by molar-refractivity contribution is -0.305. The van der Waals surface area contributed by atoms with Gasteiger partial charge in [-0.25, -0.2) is 0 Å². The summed E-state index contributed by atoms with van der Waals surface area (Å²) in [6, 6.07) is 0. The molecule has 1 saturated heterocycles. The lowest BCUT2D eigenvalue weighted by Gasteiger charge is -2.39. The predicted molar refractivity (Wildman–Crippen MR) is 233 cm³/mol. The molecule has 1 aliphatic heterocycles. The normalized spacial score (nSPS) is 21.1. The second-order valence-corrected chi connectivity index (χ2v) is 15.1. The van der Waals surface area contributed by atoms with Crippen molar-refractivity contribution in [2.24, 2.45) is 0 Å². The maximum atomic E-state index is 12.8. The van der Waals surface area contributed by atoms with E-state index in [0.717, 1.165) is 103 Å². The van der Waals surface area contributed by atoms with E-state index in [1.54, 1.807) is 0 Å². The SMILES string of the molecule is CC/C=C\C/C=C\C/C=C\C/C=C\CCCCCCCOCC(COC1OC(CO)C(O)C(O)C1O)OC(=O)CCCCCCC/C=C\C/C=C\CCCCCC. The fourth-order valence-corrected chi connectivity index (χ4v) is 6.33. The first-order valence-corrected chi connectivity index (χ1v) is 22.5. The van der Waals surface area contributed by atoms with Gasteiger partial charge < -0.3 is 39.4 Å². The molecule has 1 rings (SSSR count). The molecule has 0 spiro atoms. The number of ether oxygens (including phenoxy) is 4. The van der Waals surface area contributed by atoms with E-state index in [-0.39, 0.29) is 19.2 Å². The van der Waals surface area contributed by atoms with Gasteiger partial charge in [-0.1, -0.05) is 145 Å². The number of carbonyl (C=O) groups is 1. The van der Waals surface area contributed by atoms with E-state index in [4.69, 9.17) is 18.9 Å². The van der Waals surface area contributed by atoms with Gasteiger partial charge in [0.15, 0.2) is 6.29 Å². The molecule has 6 atom stereocenters. The Morgan fingerprint density at radius 2 is 1.07 bits per heavy atom. The smallest absolute Gasteiger partial charge is 0.306 e. The standard InChI is InChI=1S/C48H82O9/c1-3-5-7-9-11-13-15-17-19-21-22-24-26-28-30-32-34-36-38-54-40-42(41-55-48-47(53)46(52)45(51)43(39-49)57-48)56-44(50)37-35-33-31-29-27-25-23-20-18-16-14-12-10-8-6-4-2/h5,7,11,13-14,16-17,19-20,22-24,42-43,45-49,51-53H,3-4,6,8-10,12,15,18,21,25-41H2,1-2H3/b7-5-,13-11-,16-14-,19-17-,23-20-,24-22-. The maximum absolute atomic E-state index is 12.8. The minimum absolute atomic E-state index is 0.122. The molecule has 6 unspecified atom stereocenters. The zero-order valence-corrected chi connectivity index (χ0v) is 35.8. The van der Waals surface area contributed by atoms with Gasteiger partial charge in [0.2, 0.25) is 0 Å². The lowest BCUT2D eigenvalue weighted by Crippen LogP contribution is -2.59. The molecule has 328 valence electrons. The van der Waals surface area contributed by atoms with Crippen molar-refractivity contribution < 1.29 is 44.2 Å². The highest BCUT2D eigenvalue weighted by atomic mass is 16.7. The third-order valence-electron chi connectivity index (χ3n) is 9.86. The Balaban J connectivity index is 2.30. The van der Waals surface area contributed by atoms with Crippen LogP contribution in [-0.2, 0) is 23.7 Å². The molecule has 9 heteroatoms. The molecule has 0 amide bonds. The van der Waals surface area contributed by atoms with Crippen molar-refractivity contribution in [2.45, 2.75) is 198 Å². The van der Waals surface area contributed by atoms with Crippen LogP contribution in [0.5, 0.6) is 0 Å². The summed E-state index contributed by atoms with van der Waals surface area (Å²) in [5.74, 6) is -0.337. The molecule has 0 aromatic rings. The van der Waals surface area contributed by atoms with Gasteiger partial charge in [-0.2, -0.15) is 0 Å². The molecule has 57 heavy (non-hydrogen) atoms. The summed E-state index contributed by atoms with van der Waals surface area (Å²) in [6.07, 6.45) is 43.5. The molecular weight excluding hydrogens is 721 g/mol. The number of hydrogen-bond acceptors (Lipinski definition) is 9. The van der Waals surface area contributed by atoms with Crippen LogP contribution in [-0.4, -0.2) is 89.6 Å². The Labute approximate surface area is 347 Å². The first-order valence-electron chi connectivity index (χ1n) is 22.5. The average Bonchev–Trinajstić information content (AvgIpc) is 3.21. The first-order chi connectivity index (χ1) is 27.9. The third kappa shape index (κ3) is 30.4. The van der Waals surface area contributed by atoms with Crippen molar-refractivity contribution in [2.75, 3.05) is 26.4 Å². The molecular formula is C48H82O9. The number of hydrogen-bond donors (Lipinski definition) is 4. The van der Waals surface area contributed by atoms with E-state index in [2.05, 4.69) is 86.8 Å². The average molecular weight is 803 g/mol. The molecule has 1 aliphatic rings. The molecule has 9 nitrogen and oxygen atoms in total. The number of aliphatic hydroxyl groups excluding tert-OH is 4. The summed E-state index contributed by atoms with van der Waals surface area (Å²) in [4.78, 5) is 12.8. The van der Waals surface area contributed by atoms with Gasteiger partial charge in [0, 0.05) is 13.0 Å². The van der Waals surface area contributed by atoms with Crippen LogP contribution in [0.1, 0.15) is 162 Å². The highest BCUT2D eigenvalue weighted by Crippen LogP contribution is 2.22. The van der Waals surface area contributed by atoms with Crippen LogP contribution in [0.15, 0.2) is 72.9 Å². The molecule has 0 saturated carbocycles. The third-order valence-corrected chi connectivity index (χ3v) is 9.86. The molecule has 0 aliphatic carbocycles. The molecule has 0 aromatic carbocycles. The number of aliphatic hydroxyl groups is 4. The Bertz CT molecular complexity index is 1100. The largest absolute Gasteiger partial charge is 0.457 e. The summed E-state index contributed by atoms with van der Waals surface area (Å²) in [5.41, 5.74) is 0. The highest BCUT2D eigenvalue weighted by Gasteiger charge is 2.44. The van der Waals surface area contributed by atoms with Crippen LogP contribution in [0.2, 0.25) is 0 Å². The monoisotopic (exact) mass is 803 g/mol. The fourth-order valence-electron chi connectivity index (χ4n) is 6.33. The van der Waals surface area contributed by atoms with Crippen molar-refractivity contribution in [1.29, 1.82) is 0 Å². The zero-order chi connectivity index (χ0) is 41.4. The van der Waals surface area contributed by atoms with E-state index < -0.39 is 43.4 Å². The van der Waals surface area contributed by atoms with Gasteiger partial charge in [-0.05, 0) is 83.5 Å². The van der Waals surface area contributed by atoms with Crippen LogP contribution in [0.4, 0.5) is 0 Å². The van der Waals surface area contributed by atoms with Gasteiger partial charge in [-0.3, -0.25) is 4.79 Å². The van der Waals surface area contributed by atoms with Crippen LogP contribution in [0.3, 0.4) is 0 Å². The molecule has 0 radical (unpaired) electrons. The van der Waals surface area contributed by atoms with Crippen molar-refractivity contribution >= 4 is 5.97 Å². The van der Waals surface area contributed by atoms with Gasteiger partial charge in [0.1, 0.15) is 30.5 Å². The quantitative estimate of drug-likeness (QED) is 0.0275. The van der Waals surface area contributed by atoms with Crippen LogP contribution in [0.25, 0.3) is 0 Å². The van der Waals surface area contributed by atoms with E-state index in [1.165, 1.54) is 38.5 Å². The lowest BCUT2D eigenvalue weighted by atomic mass is 9.99. The van der Waals surface area contributed by atoms with Crippen molar-refractivity contribution in [3.8, 4) is 0 Å². The van der Waals surface area contributed by atoms with Crippen molar-refractivity contribution in [3.63, 3.8) is 0 Å². The summed E-state index contributed by atoms with van der Waals surface area (Å²) in [5, 5.41) is 40.1. The molecule has 1 heterocycles. The number of allylic oxidation sites excluding steroid dienone is 12. The topological polar surface area (TPSA) is 135 Å². The summed E-state index contributed by atoms with van der Waals surface area (Å²) < 4.78 is 22.8. The molecule has 4 N–H and O–H groups in total. The van der Waals surface area contributed by atoms with E-state index in [1.807, 2.05) is 0 Å². The van der Waals surface area contributed by atoms with Gasteiger partial charge in [-0.15, -0.1) is 0 Å². The Morgan fingerprint density at radius 1 is 0.579 bits per heavy atom. The van der Waals surface area contributed by atoms with E-state index >= 15 is 0 Å². The minimum atomic E-state index is -1.55. The maximum Gasteiger partial charge on any atom is 0.306 e. The zero-order valence-electron chi connectivity index (χ0n) is 35.8. The Hall–Kier alpha value is -2.37. The number of unbranched alkanes of at least 4 members (excludes halogenated alkanes) is 14. The van der Waals surface area contributed by atoms with Crippen LogP contribution in [0, 0.1) is 0 Å². The van der Waals surface area contributed by atoms with E-state index in [9.17, 15) is 25.2 Å². The minimum Gasteiger partial charge on any atom is -0.457 e. The second kappa shape index (κ2) is 39.1. The van der Waals surface area contributed by atoms with Gasteiger partial charge in [0.05, 0.1) is 19.8 Å². The van der Waals surface area contributed by atoms with Crippen LogP contribution >= 0.6 is 0 Å². The highest BCUT2D eigenvalue weighted by molar-refractivity contribution is 5.69. The Morgan fingerprint density at radius 3 is 1.61 bits per heavy atom. The van der Waals surface area contributed by atoms with Crippen LogP contribution < -0.4 is 0 Å². The first kappa shape index (κ1) is 52.6. The van der Waals surface area contributed by atoms with Crippen molar-refractivity contribution in [3.05, 3.63) is 72.9 Å². The van der Waals surface area contributed by atoms with E-state index in [0.29, 0.717) is 13.0 Å². The predicted octanol–water partition coefficient (Wildman–Crippen LogP) is 10.1. The fraction of sp³-hybridized carbons (Fsp3) is 0.729. The molecule has 0 bridgehead atoms. The van der Waals surface area contributed by atoms with Gasteiger partial charge >= 0.3 is 5.97 Å². The van der Waals surface area contributed by atoms with Gasteiger partial charge in [0.25, 0.3) is 0 Å². The number of carbonyl (C=O) groups excluding carboxylic acids is 1. The Kier molecular flexibility index (Phi) is 36.1. The molecule has 1 fully saturated rings. The number of esters is 1. The van der Waals surface area contributed by atoms with Crippen molar-refractivity contribution in [1.82, 2.24) is 0 Å². The summed E-state index contributed by atoms with van der Waals surface area (Å²) >= 11 is 0. The second-order valence-electron chi connectivity index (χ2n) is 15.1. The number of rotatable bonds is 37.